The molecule has 0 bridgehead atoms. The molecule has 0 aliphatic rings. The minimum Gasteiger partial charge on any atom is -0.406 e. The van der Waals surface area contributed by atoms with E-state index in [0.717, 1.165) is 6.07 Å². The van der Waals surface area contributed by atoms with Gasteiger partial charge in [-0.2, -0.15) is 0 Å². The first kappa shape index (κ1) is 21.3. The number of ether oxygens (including phenoxy) is 1. The van der Waals surface area contributed by atoms with Gasteiger partial charge in [-0.3, -0.25) is 9.52 Å². The maximum absolute atomic E-state index is 12.3. The molecule has 1 aromatic carbocycles. The first-order valence-electron chi connectivity index (χ1n) is 7.64. The molecule has 0 saturated heterocycles. The summed E-state index contributed by atoms with van der Waals surface area (Å²) in [5, 5.41) is 0. The molecule has 0 aliphatic carbocycles. The number of sulfonamides is 1. The third kappa shape index (κ3) is 9.33. The lowest BCUT2D eigenvalue weighted by molar-refractivity contribution is -0.274. The fourth-order valence-corrected chi connectivity index (χ4v) is 3.33. The van der Waals surface area contributed by atoms with Gasteiger partial charge in [0.2, 0.25) is 15.9 Å². The van der Waals surface area contributed by atoms with E-state index in [4.69, 9.17) is 0 Å². The van der Waals surface area contributed by atoms with Crippen LogP contribution < -0.4 is 9.46 Å². The summed E-state index contributed by atoms with van der Waals surface area (Å²) < 4.78 is 66.6. The number of hydrogen-bond acceptors (Lipinski definition) is 4. The Morgan fingerprint density at radius 1 is 1.16 bits per heavy atom. The maximum Gasteiger partial charge on any atom is 0.573 e. The van der Waals surface area contributed by atoms with Gasteiger partial charge in [0, 0.05) is 6.42 Å². The molecule has 1 N–H and O–H groups in total. The third-order valence-corrected chi connectivity index (χ3v) is 4.49. The van der Waals surface area contributed by atoms with Crippen molar-refractivity contribution in [1.82, 2.24) is 4.72 Å². The molecule has 0 spiro atoms. The molecule has 0 unspecified atom stereocenters. The normalized spacial score (nSPS) is 12.7. The topological polar surface area (TPSA) is 72.5 Å². The van der Waals surface area contributed by atoms with E-state index in [9.17, 15) is 26.4 Å². The number of rotatable bonds is 7. The lowest BCUT2D eigenvalue weighted by atomic mass is 9.94. The SMILES string of the molecule is CC(C)(C)CCS(=O)(=O)NC(=O)CCc1ccccc1OC(F)(F)F. The van der Waals surface area contributed by atoms with E-state index in [1.54, 1.807) is 0 Å². The molecular formula is C16H22F3NO4S. The van der Waals surface area contributed by atoms with Crippen molar-refractivity contribution in [3.63, 3.8) is 0 Å². The van der Waals surface area contributed by atoms with Crippen molar-refractivity contribution in [3.05, 3.63) is 29.8 Å². The van der Waals surface area contributed by atoms with Crippen LogP contribution in [0.15, 0.2) is 24.3 Å². The Bertz CT molecular complexity index is 694. The number of halogens is 3. The molecule has 0 aliphatic heterocycles. The largest absolute Gasteiger partial charge is 0.573 e. The van der Waals surface area contributed by atoms with E-state index in [2.05, 4.69) is 4.74 Å². The van der Waals surface area contributed by atoms with Crippen molar-refractivity contribution in [2.45, 2.75) is 46.4 Å². The Hall–Kier alpha value is -1.77. The van der Waals surface area contributed by atoms with Crippen LogP contribution >= 0.6 is 0 Å². The van der Waals surface area contributed by atoms with Crippen LogP contribution in [0.4, 0.5) is 13.2 Å². The fraction of sp³-hybridized carbons (Fsp3) is 0.562. The quantitative estimate of drug-likeness (QED) is 0.786. The van der Waals surface area contributed by atoms with Crippen LogP contribution in [0.5, 0.6) is 5.75 Å². The fourth-order valence-electron chi connectivity index (χ4n) is 1.90. The zero-order chi connectivity index (χ0) is 19.3. The molecule has 0 fully saturated rings. The van der Waals surface area contributed by atoms with Crippen LogP contribution in [0, 0.1) is 5.41 Å². The van der Waals surface area contributed by atoms with E-state index in [0.29, 0.717) is 6.42 Å². The first-order chi connectivity index (χ1) is 11.3. The number of amides is 1. The second-order valence-electron chi connectivity index (χ2n) is 6.81. The summed E-state index contributed by atoms with van der Waals surface area (Å²) in [7, 11) is -3.77. The number of carbonyl (C=O) groups excluding carboxylic acids is 1. The monoisotopic (exact) mass is 381 g/mol. The molecule has 0 saturated carbocycles. The maximum atomic E-state index is 12.3. The van der Waals surface area contributed by atoms with E-state index < -0.39 is 28.0 Å². The summed E-state index contributed by atoms with van der Waals surface area (Å²) >= 11 is 0. The number of carbonyl (C=O) groups is 1. The predicted octanol–water partition coefficient (Wildman–Crippen LogP) is 3.40. The zero-order valence-corrected chi connectivity index (χ0v) is 15.1. The van der Waals surface area contributed by atoms with Gasteiger partial charge in [-0.25, -0.2) is 8.42 Å². The van der Waals surface area contributed by atoms with Gasteiger partial charge in [0.15, 0.2) is 0 Å². The highest BCUT2D eigenvalue weighted by Gasteiger charge is 2.32. The Labute approximate surface area is 145 Å². The molecule has 1 aromatic rings. The number of nitrogens with one attached hydrogen (secondary N) is 1. The molecule has 0 radical (unpaired) electrons. The standard InChI is InChI=1S/C16H22F3NO4S/c1-15(2,3)10-11-25(22,23)20-14(21)9-8-12-6-4-5-7-13(12)24-16(17,18)19/h4-7H,8-11H2,1-3H3,(H,20,21). The zero-order valence-electron chi connectivity index (χ0n) is 14.3. The highest BCUT2D eigenvalue weighted by molar-refractivity contribution is 7.90. The van der Waals surface area contributed by atoms with Crippen molar-refractivity contribution < 1.29 is 31.1 Å². The van der Waals surface area contributed by atoms with Crippen LogP contribution in [-0.4, -0.2) is 26.4 Å². The average molecular weight is 381 g/mol. The van der Waals surface area contributed by atoms with E-state index in [1.165, 1.54) is 18.2 Å². The lowest BCUT2D eigenvalue weighted by Gasteiger charge is -2.18. The molecule has 9 heteroatoms. The van der Waals surface area contributed by atoms with Crippen molar-refractivity contribution >= 4 is 15.9 Å². The van der Waals surface area contributed by atoms with Crippen LogP contribution in [0.25, 0.3) is 0 Å². The number of benzene rings is 1. The summed E-state index contributed by atoms with van der Waals surface area (Å²) in [5.74, 6) is -1.37. The van der Waals surface area contributed by atoms with Gasteiger partial charge in [0.05, 0.1) is 5.75 Å². The second-order valence-corrected chi connectivity index (χ2v) is 8.65. The predicted molar refractivity (Wildman–Crippen MR) is 87.4 cm³/mol. The highest BCUT2D eigenvalue weighted by Crippen LogP contribution is 2.27. The van der Waals surface area contributed by atoms with E-state index >= 15 is 0 Å². The van der Waals surface area contributed by atoms with Gasteiger partial charge >= 0.3 is 6.36 Å². The summed E-state index contributed by atoms with van der Waals surface area (Å²) in [6.45, 7) is 5.63. The number of hydrogen-bond donors (Lipinski definition) is 1. The van der Waals surface area contributed by atoms with Crippen LogP contribution in [0.2, 0.25) is 0 Å². The second kappa shape index (κ2) is 8.07. The molecular weight excluding hydrogens is 359 g/mol. The minimum atomic E-state index is -4.84. The molecule has 1 amide bonds. The highest BCUT2D eigenvalue weighted by atomic mass is 32.2. The Balaban J connectivity index is 2.63. The lowest BCUT2D eigenvalue weighted by Crippen LogP contribution is -2.33. The van der Waals surface area contributed by atoms with Crippen molar-refractivity contribution in [2.24, 2.45) is 5.41 Å². The molecule has 0 heterocycles. The minimum absolute atomic E-state index is 0.0765. The molecule has 0 atom stereocenters. The molecule has 5 nitrogen and oxygen atoms in total. The van der Waals surface area contributed by atoms with E-state index in [1.807, 2.05) is 25.5 Å². The Morgan fingerprint density at radius 3 is 2.32 bits per heavy atom. The van der Waals surface area contributed by atoms with Crippen LogP contribution in [0.3, 0.4) is 0 Å². The van der Waals surface area contributed by atoms with Gasteiger partial charge in [0.25, 0.3) is 0 Å². The van der Waals surface area contributed by atoms with E-state index in [-0.39, 0.29) is 29.6 Å². The van der Waals surface area contributed by atoms with Crippen molar-refractivity contribution in [2.75, 3.05) is 5.75 Å². The molecule has 1 rings (SSSR count). The van der Waals surface area contributed by atoms with Crippen LogP contribution in [-0.2, 0) is 21.2 Å². The molecule has 25 heavy (non-hydrogen) atoms. The van der Waals surface area contributed by atoms with Gasteiger partial charge in [-0.15, -0.1) is 13.2 Å². The summed E-state index contributed by atoms with van der Waals surface area (Å²) in [6.07, 6.45) is -4.81. The summed E-state index contributed by atoms with van der Waals surface area (Å²) in [6, 6.07) is 5.42. The van der Waals surface area contributed by atoms with Gasteiger partial charge < -0.3 is 4.74 Å². The smallest absolute Gasteiger partial charge is 0.406 e. The van der Waals surface area contributed by atoms with Crippen molar-refractivity contribution in [3.8, 4) is 5.75 Å². The molecule has 142 valence electrons. The number of aryl methyl sites for hydroxylation is 1. The van der Waals surface area contributed by atoms with Gasteiger partial charge in [-0.1, -0.05) is 39.0 Å². The number of para-hydroxylation sites is 1. The Morgan fingerprint density at radius 2 is 1.76 bits per heavy atom. The Kier molecular flexibility index (Phi) is 6.87. The number of alkyl halides is 3. The van der Waals surface area contributed by atoms with Gasteiger partial charge in [-0.05, 0) is 29.9 Å². The first-order valence-corrected chi connectivity index (χ1v) is 9.30. The van der Waals surface area contributed by atoms with Crippen LogP contribution in [0.1, 0.15) is 39.2 Å². The summed E-state index contributed by atoms with van der Waals surface area (Å²) in [5.41, 5.74) is -0.0341. The third-order valence-electron chi connectivity index (χ3n) is 3.21. The summed E-state index contributed by atoms with van der Waals surface area (Å²) in [4.78, 5) is 11.8. The van der Waals surface area contributed by atoms with Crippen molar-refractivity contribution in [1.29, 1.82) is 0 Å². The van der Waals surface area contributed by atoms with Gasteiger partial charge in [0.1, 0.15) is 5.75 Å². The average Bonchev–Trinajstić information content (AvgIpc) is 2.42. The molecule has 0 aromatic heterocycles.